The lowest BCUT2D eigenvalue weighted by Gasteiger charge is -2.02. The summed E-state index contributed by atoms with van der Waals surface area (Å²) in [6.07, 6.45) is 0.522. The third kappa shape index (κ3) is 1.71. The quantitative estimate of drug-likeness (QED) is 0.388. The fourth-order valence-electron chi connectivity index (χ4n) is 0.756. The van der Waals surface area contributed by atoms with E-state index in [4.69, 9.17) is 5.11 Å². The molecular formula is C7H7NO4. The summed E-state index contributed by atoms with van der Waals surface area (Å²) in [4.78, 5) is 18.7. The molecule has 0 heterocycles. The molecule has 0 aliphatic carbocycles. The van der Waals surface area contributed by atoms with Crippen molar-refractivity contribution >= 4 is 6.29 Å². The van der Waals surface area contributed by atoms with Crippen LogP contribution in [-0.2, 0) is 4.99 Å². The molecule has 1 rings (SSSR count). The molecule has 1 aromatic carbocycles. The van der Waals surface area contributed by atoms with Crippen LogP contribution in [0, 0.1) is 0 Å². The molecule has 0 atom stereocenters. The number of hydrogen-bond acceptors (Lipinski definition) is 5. The van der Waals surface area contributed by atoms with Crippen LogP contribution in [0.25, 0.3) is 0 Å². The molecule has 12 heavy (non-hydrogen) atoms. The molecule has 0 aliphatic rings. The Labute approximate surface area is 68.2 Å². The third-order valence-electron chi connectivity index (χ3n) is 1.26. The van der Waals surface area contributed by atoms with E-state index in [1.807, 2.05) is 0 Å². The number of phenols is 1. The number of aromatic hydroxyl groups is 1. The van der Waals surface area contributed by atoms with Crippen LogP contribution in [0.3, 0.4) is 0 Å². The summed E-state index contributed by atoms with van der Waals surface area (Å²) >= 11 is 0. The van der Waals surface area contributed by atoms with E-state index in [9.17, 15) is 4.79 Å². The zero-order chi connectivity index (χ0) is 8.97. The summed E-state index contributed by atoms with van der Waals surface area (Å²) in [5.41, 5.74) is 0.167. The summed E-state index contributed by atoms with van der Waals surface area (Å²) in [6.45, 7) is 0. The average molecular weight is 169 g/mol. The number of rotatable bonds is 3. The molecule has 3 N–H and O–H groups in total. The predicted octanol–water partition coefficient (Wildman–Crippen LogP) is 0.389. The van der Waals surface area contributed by atoms with Crippen LogP contribution >= 0.6 is 0 Å². The van der Waals surface area contributed by atoms with E-state index < -0.39 is 0 Å². The van der Waals surface area contributed by atoms with Crippen molar-refractivity contribution in [2.75, 3.05) is 0 Å². The molecule has 0 spiro atoms. The Morgan fingerprint density at radius 1 is 1.50 bits per heavy atom. The second kappa shape index (κ2) is 3.70. The van der Waals surface area contributed by atoms with Gasteiger partial charge in [-0.05, 0) is 18.2 Å². The van der Waals surface area contributed by atoms with E-state index in [0.717, 1.165) is 0 Å². The first-order chi connectivity index (χ1) is 5.77. The van der Waals surface area contributed by atoms with Gasteiger partial charge in [0.2, 0.25) is 0 Å². The van der Waals surface area contributed by atoms with E-state index in [2.05, 4.69) is 15.8 Å². The fraction of sp³-hybridized carbons (Fsp3) is 0. The minimum Gasteiger partial charge on any atom is -0.508 e. The smallest absolute Gasteiger partial charge is 0.178 e. The number of hydrogen-bond donors (Lipinski definition) is 2. The number of aldehydes is 1. The number of nitrogens with two attached hydrogens (primary N) is 1. The van der Waals surface area contributed by atoms with Gasteiger partial charge in [-0.2, -0.15) is 5.90 Å². The van der Waals surface area contributed by atoms with Crippen LogP contribution in [-0.4, -0.2) is 11.4 Å². The van der Waals surface area contributed by atoms with Crippen molar-refractivity contribution in [2.45, 2.75) is 0 Å². The first kappa shape index (κ1) is 8.51. The van der Waals surface area contributed by atoms with Crippen LogP contribution in [0.1, 0.15) is 10.4 Å². The molecule has 0 amide bonds. The minimum absolute atomic E-state index is 0.0264. The van der Waals surface area contributed by atoms with E-state index in [0.29, 0.717) is 6.29 Å². The molecule has 1 aromatic rings. The zero-order valence-corrected chi connectivity index (χ0v) is 6.06. The Morgan fingerprint density at radius 3 is 2.83 bits per heavy atom. The molecule has 5 nitrogen and oxygen atoms in total. The first-order valence-corrected chi connectivity index (χ1v) is 3.09. The van der Waals surface area contributed by atoms with Gasteiger partial charge >= 0.3 is 0 Å². The highest BCUT2D eigenvalue weighted by atomic mass is 17.3. The minimum atomic E-state index is -0.0264. The molecule has 0 radical (unpaired) electrons. The van der Waals surface area contributed by atoms with Gasteiger partial charge in [0, 0.05) is 0 Å². The third-order valence-corrected chi connectivity index (χ3v) is 1.26. The van der Waals surface area contributed by atoms with Crippen LogP contribution in [0.2, 0.25) is 0 Å². The Bertz CT molecular complexity index is 287. The summed E-state index contributed by atoms with van der Waals surface area (Å²) in [7, 11) is 0. The van der Waals surface area contributed by atoms with E-state index in [1.165, 1.54) is 18.2 Å². The summed E-state index contributed by atoms with van der Waals surface area (Å²) in [5.74, 6) is 4.75. The van der Waals surface area contributed by atoms with Crippen molar-refractivity contribution in [1.82, 2.24) is 0 Å². The summed E-state index contributed by atoms with van der Waals surface area (Å²) < 4.78 is 0. The standard InChI is InChI=1S/C7H7NO4/c8-12-11-7-2-1-6(10)3-5(7)4-9/h1-4,10H,8H2. The molecule has 0 aromatic heterocycles. The fourth-order valence-corrected chi connectivity index (χ4v) is 0.756. The highest BCUT2D eigenvalue weighted by molar-refractivity contribution is 5.79. The lowest BCUT2D eigenvalue weighted by atomic mass is 10.2. The van der Waals surface area contributed by atoms with Gasteiger partial charge in [0.05, 0.1) is 5.56 Å². The second-order valence-corrected chi connectivity index (χ2v) is 2.02. The Hall–Kier alpha value is -1.59. The first-order valence-electron chi connectivity index (χ1n) is 3.09. The molecule has 5 heteroatoms. The van der Waals surface area contributed by atoms with Crippen LogP contribution in [0.4, 0.5) is 0 Å². The topological polar surface area (TPSA) is 81.8 Å². The molecule has 0 fully saturated rings. The largest absolute Gasteiger partial charge is 0.508 e. The normalized spacial score (nSPS) is 9.42. The van der Waals surface area contributed by atoms with Gasteiger partial charge in [0.15, 0.2) is 12.0 Å². The second-order valence-electron chi connectivity index (χ2n) is 2.02. The van der Waals surface area contributed by atoms with Gasteiger partial charge in [0.25, 0.3) is 0 Å². The highest BCUT2D eigenvalue weighted by Gasteiger charge is 2.03. The average Bonchev–Trinajstić information content (AvgIpc) is 2.08. The number of phenolic OH excluding ortho intramolecular Hbond substituents is 1. The number of benzene rings is 1. The van der Waals surface area contributed by atoms with Crippen molar-refractivity contribution in [3.05, 3.63) is 23.8 Å². The van der Waals surface area contributed by atoms with Crippen molar-refractivity contribution in [2.24, 2.45) is 5.90 Å². The van der Waals surface area contributed by atoms with Crippen molar-refractivity contribution in [1.29, 1.82) is 0 Å². The Kier molecular flexibility index (Phi) is 2.62. The van der Waals surface area contributed by atoms with Gasteiger partial charge in [-0.1, -0.05) is 4.99 Å². The number of carbonyl (C=O) groups is 1. The summed E-state index contributed by atoms with van der Waals surface area (Å²) in [5, 5.41) is 8.95. The molecule has 0 aliphatic heterocycles. The lowest BCUT2D eigenvalue weighted by molar-refractivity contribution is -0.211. The van der Waals surface area contributed by atoms with Gasteiger partial charge in [-0.15, -0.1) is 0 Å². The molecule has 0 saturated carbocycles. The SMILES string of the molecule is NOOc1ccc(O)cc1C=O. The lowest BCUT2D eigenvalue weighted by Crippen LogP contribution is -2.04. The zero-order valence-electron chi connectivity index (χ0n) is 6.06. The van der Waals surface area contributed by atoms with E-state index in [-0.39, 0.29) is 17.1 Å². The van der Waals surface area contributed by atoms with Crippen molar-refractivity contribution in [3.8, 4) is 11.5 Å². The monoisotopic (exact) mass is 169 g/mol. The van der Waals surface area contributed by atoms with Gasteiger partial charge in [0.1, 0.15) is 5.75 Å². The summed E-state index contributed by atoms with van der Waals surface area (Å²) in [6, 6.07) is 3.95. The van der Waals surface area contributed by atoms with E-state index in [1.54, 1.807) is 0 Å². The molecule has 0 saturated heterocycles. The van der Waals surface area contributed by atoms with Crippen LogP contribution in [0.5, 0.6) is 11.5 Å². The maximum Gasteiger partial charge on any atom is 0.178 e. The highest BCUT2D eigenvalue weighted by Crippen LogP contribution is 2.21. The van der Waals surface area contributed by atoms with Crippen molar-refractivity contribution < 1.29 is 19.8 Å². The van der Waals surface area contributed by atoms with Crippen molar-refractivity contribution in [3.63, 3.8) is 0 Å². The maximum absolute atomic E-state index is 10.4. The number of carbonyl (C=O) groups excluding carboxylic acids is 1. The predicted molar refractivity (Wildman–Crippen MR) is 39.4 cm³/mol. The molecule has 0 bridgehead atoms. The maximum atomic E-state index is 10.4. The van der Waals surface area contributed by atoms with Crippen LogP contribution < -0.4 is 10.8 Å². The van der Waals surface area contributed by atoms with Gasteiger partial charge in [-0.3, -0.25) is 4.79 Å². The van der Waals surface area contributed by atoms with Gasteiger partial charge < -0.3 is 9.99 Å². The molecular weight excluding hydrogens is 162 g/mol. The Morgan fingerprint density at radius 2 is 2.25 bits per heavy atom. The Balaban J connectivity index is 3.02. The van der Waals surface area contributed by atoms with Crippen LogP contribution in [0.15, 0.2) is 18.2 Å². The van der Waals surface area contributed by atoms with Gasteiger partial charge in [-0.25, -0.2) is 0 Å². The van der Waals surface area contributed by atoms with E-state index >= 15 is 0 Å². The molecule has 64 valence electrons. The molecule has 0 unspecified atom stereocenters.